The van der Waals surface area contributed by atoms with Gasteiger partial charge in [-0.3, -0.25) is 0 Å². The molecule has 0 radical (unpaired) electrons. The molecular weight excluding hydrogens is 237 g/mol. The SMILES string of the molecule is CC(c1cccc(-c2cccnc2F)c1)C(C)(C)C. The molecule has 0 amide bonds. The van der Waals surface area contributed by atoms with Crippen LogP contribution in [0.1, 0.15) is 39.2 Å². The monoisotopic (exact) mass is 257 g/mol. The average Bonchev–Trinajstić information content (AvgIpc) is 2.37. The van der Waals surface area contributed by atoms with Crippen molar-refractivity contribution in [2.45, 2.75) is 33.6 Å². The van der Waals surface area contributed by atoms with Crippen LogP contribution >= 0.6 is 0 Å². The number of rotatable bonds is 2. The molecular formula is C17H20FN. The normalized spacial score (nSPS) is 13.3. The van der Waals surface area contributed by atoms with Crippen LogP contribution in [0.25, 0.3) is 11.1 Å². The molecule has 0 aliphatic rings. The molecule has 1 atom stereocenters. The second kappa shape index (κ2) is 5.12. The van der Waals surface area contributed by atoms with E-state index in [0.717, 1.165) is 5.56 Å². The van der Waals surface area contributed by atoms with Crippen molar-refractivity contribution in [2.75, 3.05) is 0 Å². The van der Waals surface area contributed by atoms with E-state index < -0.39 is 5.95 Å². The van der Waals surface area contributed by atoms with Crippen molar-refractivity contribution in [3.05, 3.63) is 54.1 Å². The fourth-order valence-electron chi connectivity index (χ4n) is 2.08. The Kier molecular flexibility index (Phi) is 3.70. The maximum Gasteiger partial charge on any atom is 0.220 e. The molecule has 1 unspecified atom stereocenters. The second-order valence-electron chi connectivity index (χ2n) is 6.05. The second-order valence-corrected chi connectivity index (χ2v) is 6.05. The highest BCUT2D eigenvalue weighted by Gasteiger charge is 2.22. The van der Waals surface area contributed by atoms with E-state index in [-0.39, 0.29) is 5.41 Å². The first kappa shape index (κ1) is 13.7. The lowest BCUT2D eigenvalue weighted by atomic mass is 9.77. The molecule has 1 heterocycles. The molecule has 19 heavy (non-hydrogen) atoms. The minimum Gasteiger partial charge on any atom is -0.228 e. The Morgan fingerprint density at radius 2 is 1.84 bits per heavy atom. The zero-order chi connectivity index (χ0) is 14.0. The lowest BCUT2D eigenvalue weighted by Crippen LogP contribution is -2.15. The van der Waals surface area contributed by atoms with Crippen molar-refractivity contribution in [1.82, 2.24) is 4.98 Å². The van der Waals surface area contributed by atoms with Crippen molar-refractivity contribution in [3.8, 4) is 11.1 Å². The van der Waals surface area contributed by atoms with Gasteiger partial charge < -0.3 is 0 Å². The number of hydrogen-bond acceptors (Lipinski definition) is 1. The zero-order valence-electron chi connectivity index (χ0n) is 11.9. The van der Waals surface area contributed by atoms with Crippen molar-refractivity contribution >= 4 is 0 Å². The van der Waals surface area contributed by atoms with E-state index >= 15 is 0 Å². The first-order chi connectivity index (χ1) is 8.89. The fraction of sp³-hybridized carbons (Fsp3) is 0.353. The highest BCUT2D eigenvalue weighted by Crippen LogP contribution is 2.36. The van der Waals surface area contributed by atoms with E-state index in [1.807, 2.05) is 12.1 Å². The first-order valence-corrected chi connectivity index (χ1v) is 6.60. The molecule has 0 spiro atoms. The van der Waals surface area contributed by atoms with Crippen LogP contribution in [-0.4, -0.2) is 4.98 Å². The molecule has 0 fully saturated rings. The molecule has 2 aromatic rings. The van der Waals surface area contributed by atoms with E-state index in [4.69, 9.17) is 0 Å². The van der Waals surface area contributed by atoms with Gasteiger partial charge in [0.05, 0.1) is 0 Å². The van der Waals surface area contributed by atoms with Crippen LogP contribution in [0.2, 0.25) is 0 Å². The van der Waals surface area contributed by atoms with Gasteiger partial charge in [-0.05, 0) is 34.6 Å². The molecule has 0 aliphatic heterocycles. The van der Waals surface area contributed by atoms with Crippen LogP contribution in [-0.2, 0) is 0 Å². The summed E-state index contributed by atoms with van der Waals surface area (Å²) in [5, 5.41) is 0. The Bertz CT molecular complexity index is 569. The third-order valence-electron chi connectivity index (χ3n) is 3.76. The van der Waals surface area contributed by atoms with Gasteiger partial charge in [-0.2, -0.15) is 4.39 Å². The molecule has 100 valence electrons. The minimum atomic E-state index is -0.414. The number of aromatic nitrogens is 1. The van der Waals surface area contributed by atoms with Gasteiger partial charge in [0, 0.05) is 11.8 Å². The van der Waals surface area contributed by atoms with Gasteiger partial charge in [0.25, 0.3) is 0 Å². The summed E-state index contributed by atoms with van der Waals surface area (Å²) < 4.78 is 13.7. The molecule has 2 rings (SSSR count). The first-order valence-electron chi connectivity index (χ1n) is 6.60. The molecule has 1 nitrogen and oxygen atoms in total. The number of hydrogen-bond donors (Lipinski definition) is 0. The van der Waals surface area contributed by atoms with Gasteiger partial charge >= 0.3 is 0 Å². The Balaban J connectivity index is 2.43. The Labute approximate surface area is 114 Å². The number of halogens is 1. The Hall–Kier alpha value is -1.70. The minimum absolute atomic E-state index is 0.187. The predicted octanol–water partition coefficient (Wildman–Crippen LogP) is 5.04. The maximum atomic E-state index is 13.7. The topological polar surface area (TPSA) is 12.9 Å². The van der Waals surface area contributed by atoms with Crippen LogP contribution in [0.3, 0.4) is 0 Å². The smallest absolute Gasteiger partial charge is 0.220 e. The van der Waals surface area contributed by atoms with Crippen molar-refractivity contribution < 1.29 is 4.39 Å². The van der Waals surface area contributed by atoms with Gasteiger partial charge in [0.1, 0.15) is 0 Å². The van der Waals surface area contributed by atoms with Crippen LogP contribution in [0.5, 0.6) is 0 Å². The molecule has 0 bridgehead atoms. The fourth-order valence-corrected chi connectivity index (χ4v) is 2.08. The summed E-state index contributed by atoms with van der Waals surface area (Å²) in [6.45, 7) is 8.86. The van der Waals surface area contributed by atoms with Gasteiger partial charge in [-0.1, -0.05) is 52.0 Å². The largest absolute Gasteiger partial charge is 0.228 e. The van der Waals surface area contributed by atoms with Gasteiger partial charge in [-0.25, -0.2) is 4.98 Å². The van der Waals surface area contributed by atoms with E-state index in [2.05, 4.69) is 44.8 Å². The third kappa shape index (κ3) is 3.01. The van der Waals surface area contributed by atoms with Crippen LogP contribution in [0.15, 0.2) is 42.6 Å². The van der Waals surface area contributed by atoms with Crippen LogP contribution < -0.4 is 0 Å². The van der Waals surface area contributed by atoms with Gasteiger partial charge in [-0.15, -0.1) is 0 Å². The molecule has 0 saturated heterocycles. The summed E-state index contributed by atoms with van der Waals surface area (Å²) in [5.41, 5.74) is 2.87. The molecule has 2 heteroatoms. The summed E-state index contributed by atoms with van der Waals surface area (Å²) in [4.78, 5) is 3.71. The van der Waals surface area contributed by atoms with Crippen molar-refractivity contribution in [2.24, 2.45) is 5.41 Å². The average molecular weight is 257 g/mol. The Morgan fingerprint density at radius 1 is 1.11 bits per heavy atom. The number of nitrogens with zero attached hydrogens (tertiary/aromatic N) is 1. The van der Waals surface area contributed by atoms with Crippen LogP contribution in [0, 0.1) is 11.4 Å². The summed E-state index contributed by atoms with van der Waals surface area (Å²) in [5.74, 6) is -0.00440. The standard InChI is InChI=1S/C17H20FN/c1-12(17(2,3)4)13-7-5-8-14(11-13)15-9-6-10-19-16(15)18/h5-12H,1-4H3. The predicted molar refractivity (Wildman–Crippen MR) is 77.5 cm³/mol. The maximum absolute atomic E-state index is 13.7. The number of benzene rings is 1. The van der Waals surface area contributed by atoms with E-state index in [0.29, 0.717) is 11.5 Å². The highest BCUT2D eigenvalue weighted by atomic mass is 19.1. The molecule has 1 aromatic heterocycles. The quantitative estimate of drug-likeness (QED) is 0.687. The van der Waals surface area contributed by atoms with E-state index in [1.54, 1.807) is 12.1 Å². The summed E-state index contributed by atoms with van der Waals surface area (Å²) >= 11 is 0. The zero-order valence-corrected chi connectivity index (χ0v) is 11.9. The lowest BCUT2D eigenvalue weighted by Gasteiger charge is -2.28. The van der Waals surface area contributed by atoms with Gasteiger partial charge in [0.2, 0.25) is 5.95 Å². The molecule has 0 N–H and O–H groups in total. The molecule has 0 aliphatic carbocycles. The van der Waals surface area contributed by atoms with Crippen molar-refractivity contribution in [3.63, 3.8) is 0 Å². The van der Waals surface area contributed by atoms with Crippen LogP contribution in [0.4, 0.5) is 4.39 Å². The Morgan fingerprint density at radius 3 is 2.47 bits per heavy atom. The number of pyridine rings is 1. The van der Waals surface area contributed by atoms with Crippen molar-refractivity contribution in [1.29, 1.82) is 0 Å². The van der Waals surface area contributed by atoms with E-state index in [1.165, 1.54) is 11.8 Å². The molecule has 0 saturated carbocycles. The van der Waals surface area contributed by atoms with Gasteiger partial charge in [0.15, 0.2) is 0 Å². The third-order valence-corrected chi connectivity index (χ3v) is 3.76. The summed E-state index contributed by atoms with van der Waals surface area (Å²) in [6, 6.07) is 11.6. The lowest BCUT2D eigenvalue weighted by molar-refractivity contribution is 0.339. The van der Waals surface area contributed by atoms with E-state index in [9.17, 15) is 4.39 Å². The highest BCUT2D eigenvalue weighted by molar-refractivity contribution is 5.63. The summed E-state index contributed by atoms with van der Waals surface area (Å²) in [6.07, 6.45) is 1.47. The molecule has 1 aromatic carbocycles. The summed E-state index contributed by atoms with van der Waals surface area (Å²) in [7, 11) is 0.